The fourth-order valence-corrected chi connectivity index (χ4v) is 7.54. The highest BCUT2D eigenvalue weighted by Gasteiger charge is 2.45. The van der Waals surface area contributed by atoms with Crippen LogP contribution in [0.15, 0.2) is 54.6 Å². The third-order valence-corrected chi connectivity index (χ3v) is 9.42. The first-order valence-corrected chi connectivity index (χ1v) is 14.0. The number of nitrogens with zero attached hydrogens (tertiary/aromatic N) is 1. The number of fused-ring (bicyclic) bond motifs is 1. The Balaban J connectivity index is 1.64. The molecule has 2 atom stereocenters. The number of unbranched alkanes of at least 4 members (excludes halogenated alkanes) is 1. The van der Waals surface area contributed by atoms with Crippen LogP contribution < -0.4 is 4.52 Å². The fraction of sp³-hybridized carbons (Fsp3) is 0.360. The lowest BCUT2D eigenvalue weighted by Gasteiger charge is -2.31. The predicted molar refractivity (Wildman–Crippen MR) is 133 cm³/mol. The number of esters is 1. The first-order chi connectivity index (χ1) is 16.4. The molecule has 0 amide bonds. The third-order valence-electron chi connectivity index (χ3n) is 5.80. The van der Waals surface area contributed by atoms with Crippen LogP contribution in [0.1, 0.15) is 47.8 Å². The van der Waals surface area contributed by atoms with Crippen LogP contribution in [0.4, 0.5) is 0 Å². The molecule has 7 nitrogen and oxygen atoms in total. The molecule has 1 N–H and O–H groups in total. The number of carboxylic acid groups (broad SMARTS) is 1. The molecule has 1 aliphatic heterocycles. The summed E-state index contributed by atoms with van der Waals surface area (Å²) in [4.78, 5) is 24.4. The number of carboxylic acids is 1. The van der Waals surface area contributed by atoms with E-state index >= 15 is 0 Å². The number of thiophene rings is 1. The molecule has 0 radical (unpaired) electrons. The van der Waals surface area contributed by atoms with Crippen molar-refractivity contribution < 1.29 is 28.5 Å². The van der Waals surface area contributed by atoms with Crippen LogP contribution in [0.5, 0.6) is 5.75 Å². The lowest BCUT2D eigenvalue weighted by Crippen LogP contribution is -2.37. The zero-order chi connectivity index (χ0) is 24.1. The number of hydrogen-bond acceptors (Lipinski definition) is 6. The van der Waals surface area contributed by atoms with Crippen molar-refractivity contribution in [1.82, 2.24) is 4.67 Å². The van der Waals surface area contributed by atoms with Gasteiger partial charge in [-0.3, -0.25) is 9.36 Å². The number of aromatic carboxylic acids is 1. The van der Waals surface area contributed by atoms with Crippen molar-refractivity contribution in [3.05, 3.63) is 65.0 Å². The van der Waals surface area contributed by atoms with Gasteiger partial charge in [0, 0.05) is 11.2 Å². The Morgan fingerprint density at radius 3 is 2.71 bits per heavy atom. The molecule has 180 valence electrons. The standard InChI is InChI=1S/C25H28NO6PS/c1-2-3-14-31-25(29)21-10-7-13-26(21)33(30,32-20-8-5-4-6-9-20)17-18-11-12-22-19(15-18)16-23(34-22)24(27)28/h4-6,8-9,11-12,15-16,21H,2-3,7,10,13-14,17H2,1H3,(H,27,28). The van der Waals surface area contributed by atoms with Gasteiger partial charge in [-0.05, 0) is 60.5 Å². The maximum absolute atomic E-state index is 14.5. The number of carbonyl (C=O) groups excluding carboxylic acids is 1. The smallest absolute Gasteiger partial charge is 0.345 e. The second-order valence-electron chi connectivity index (χ2n) is 8.33. The fourth-order valence-electron chi connectivity index (χ4n) is 4.12. The first kappa shape index (κ1) is 24.5. The Morgan fingerprint density at radius 2 is 1.97 bits per heavy atom. The van der Waals surface area contributed by atoms with Gasteiger partial charge in [-0.2, -0.15) is 0 Å². The Bertz CT molecular complexity index is 1210. The van der Waals surface area contributed by atoms with Gasteiger partial charge in [-0.15, -0.1) is 11.3 Å². The number of para-hydroxylation sites is 1. The topological polar surface area (TPSA) is 93.1 Å². The second-order valence-corrected chi connectivity index (χ2v) is 11.7. The van der Waals surface area contributed by atoms with Gasteiger partial charge in [0.25, 0.3) is 0 Å². The molecule has 0 aliphatic carbocycles. The van der Waals surface area contributed by atoms with Gasteiger partial charge in [0.05, 0.1) is 12.8 Å². The highest BCUT2D eigenvalue weighted by atomic mass is 32.1. The molecule has 1 aromatic heterocycles. The minimum absolute atomic E-state index is 0.0921. The zero-order valence-corrected chi connectivity index (χ0v) is 20.7. The number of benzene rings is 2. The highest BCUT2D eigenvalue weighted by molar-refractivity contribution is 7.56. The molecule has 3 aromatic rings. The summed E-state index contributed by atoms with van der Waals surface area (Å²) in [6.07, 6.45) is 3.09. The van der Waals surface area contributed by atoms with E-state index in [1.165, 1.54) is 11.3 Å². The minimum atomic E-state index is -3.53. The van der Waals surface area contributed by atoms with Gasteiger partial charge in [0.15, 0.2) is 0 Å². The minimum Gasteiger partial charge on any atom is -0.477 e. The van der Waals surface area contributed by atoms with E-state index in [4.69, 9.17) is 9.26 Å². The Kier molecular flexibility index (Phi) is 7.71. The van der Waals surface area contributed by atoms with E-state index in [0.717, 1.165) is 34.9 Å². The Morgan fingerprint density at radius 1 is 1.18 bits per heavy atom. The van der Waals surface area contributed by atoms with Crippen LogP contribution >= 0.6 is 18.9 Å². The summed E-state index contributed by atoms with van der Waals surface area (Å²) in [5.74, 6) is -0.856. The lowest BCUT2D eigenvalue weighted by atomic mass is 10.2. The SMILES string of the molecule is CCCCOC(=O)C1CCCN1P(=O)(Cc1ccc2sc(C(=O)O)cc2c1)Oc1ccccc1. The van der Waals surface area contributed by atoms with Crippen molar-refractivity contribution in [2.75, 3.05) is 13.2 Å². The number of hydrogen-bond donors (Lipinski definition) is 1. The predicted octanol–water partition coefficient (Wildman–Crippen LogP) is 6.18. The average molecular weight is 502 g/mol. The monoisotopic (exact) mass is 501 g/mol. The summed E-state index contributed by atoms with van der Waals surface area (Å²) >= 11 is 1.20. The van der Waals surface area contributed by atoms with E-state index in [-0.39, 0.29) is 17.0 Å². The van der Waals surface area contributed by atoms with Gasteiger partial charge >= 0.3 is 19.5 Å². The average Bonchev–Trinajstić information content (AvgIpc) is 3.47. The van der Waals surface area contributed by atoms with E-state index in [1.54, 1.807) is 22.9 Å². The van der Waals surface area contributed by atoms with Gasteiger partial charge in [0.2, 0.25) is 0 Å². The summed E-state index contributed by atoms with van der Waals surface area (Å²) in [6, 6.07) is 15.5. The molecule has 2 heterocycles. The number of carbonyl (C=O) groups is 2. The van der Waals surface area contributed by atoms with Crippen LogP contribution in [0, 0.1) is 0 Å². The molecule has 2 unspecified atom stereocenters. The number of ether oxygens (including phenoxy) is 1. The van der Waals surface area contributed by atoms with E-state index in [0.29, 0.717) is 25.3 Å². The van der Waals surface area contributed by atoms with Gasteiger partial charge < -0.3 is 14.4 Å². The van der Waals surface area contributed by atoms with E-state index in [2.05, 4.69) is 0 Å². The normalized spacial score (nSPS) is 18.0. The summed E-state index contributed by atoms with van der Waals surface area (Å²) in [6.45, 7) is 2.85. The summed E-state index contributed by atoms with van der Waals surface area (Å²) in [5, 5.41) is 10.1. The Hall–Kier alpha value is -2.67. The molecule has 2 aromatic carbocycles. The molecule has 34 heavy (non-hydrogen) atoms. The third kappa shape index (κ3) is 5.52. The molecule has 9 heteroatoms. The van der Waals surface area contributed by atoms with Crippen LogP contribution in [0.3, 0.4) is 0 Å². The van der Waals surface area contributed by atoms with Gasteiger partial charge in [0.1, 0.15) is 16.7 Å². The summed E-state index contributed by atoms with van der Waals surface area (Å²) < 4.78 is 28.6. The van der Waals surface area contributed by atoms with Gasteiger partial charge in [-0.25, -0.2) is 9.46 Å². The summed E-state index contributed by atoms with van der Waals surface area (Å²) in [5.41, 5.74) is 0.756. The van der Waals surface area contributed by atoms with Gasteiger partial charge in [-0.1, -0.05) is 37.6 Å². The van der Waals surface area contributed by atoms with Crippen LogP contribution in [0.2, 0.25) is 0 Å². The molecule has 1 saturated heterocycles. The van der Waals surface area contributed by atoms with Crippen molar-refractivity contribution in [2.45, 2.75) is 44.8 Å². The molecule has 4 rings (SSSR count). The van der Waals surface area contributed by atoms with E-state index in [1.807, 2.05) is 43.3 Å². The van der Waals surface area contributed by atoms with Crippen LogP contribution in [-0.2, 0) is 20.3 Å². The molecule has 1 fully saturated rings. The molecular formula is C25H28NO6PS. The molecule has 0 bridgehead atoms. The number of rotatable bonds is 10. The van der Waals surface area contributed by atoms with Crippen LogP contribution in [-0.4, -0.2) is 40.9 Å². The maximum atomic E-state index is 14.5. The van der Waals surface area contributed by atoms with Crippen molar-refractivity contribution in [1.29, 1.82) is 0 Å². The lowest BCUT2D eigenvalue weighted by molar-refractivity contribution is -0.147. The van der Waals surface area contributed by atoms with Crippen LogP contribution in [0.25, 0.3) is 10.1 Å². The van der Waals surface area contributed by atoms with Crippen molar-refractivity contribution in [3.8, 4) is 5.75 Å². The molecular weight excluding hydrogens is 473 g/mol. The second kappa shape index (κ2) is 10.7. The Labute approximate surface area is 202 Å². The van der Waals surface area contributed by atoms with Crippen molar-refractivity contribution >= 4 is 40.9 Å². The van der Waals surface area contributed by atoms with Crippen molar-refractivity contribution in [2.24, 2.45) is 0 Å². The molecule has 1 aliphatic rings. The summed E-state index contributed by atoms with van der Waals surface area (Å²) in [7, 11) is -3.53. The largest absolute Gasteiger partial charge is 0.477 e. The zero-order valence-electron chi connectivity index (χ0n) is 19.0. The quantitative estimate of drug-likeness (QED) is 0.201. The van der Waals surface area contributed by atoms with Crippen molar-refractivity contribution in [3.63, 3.8) is 0 Å². The highest BCUT2D eigenvalue weighted by Crippen LogP contribution is 2.57. The molecule has 0 spiro atoms. The first-order valence-electron chi connectivity index (χ1n) is 11.4. The van der Waals surface area contributed by atoms with E-state index in [9.17, 15) is 19.3 Å². The maximum Gasteiger partial charge on any atom is 0.345 e. The van der Waals surface area contributed by atoms with E-state index < -0.39 is 19.5 Å². The molecule has 0 saturated carbocycles.